The minimum Gasteiger partial charge on any atom is -0.351 e. The van der Waals surface area contributed by atoms with E-state index in [9.17, 15) is 23.6 Å². The van der Waals surface area contributed by atoms with Gasteiger partial charge in [0.2, 0.25) is 11.8 Å². The van der Waals surface area contributed by atoms with Gasteiger partial charge in [0.1, 0.15) is 5.54 Å². The van der Waals surface area contributed by atoms with E-state index >= 15 is 0 Å². The summed E-state index contributed by atoms with van der Waals surface area (Å²) in [6, 6.07) is 1.74. The molecule has 32 heavy (non-hydrogen) atoms. The summed E-state index contributed by atoms with van der Waals surface area (Å²) in [4.78, 5) is 29.1. The maximum absolute atomic E-state index is 15.0. The summed E-state index contributed by atoms with van der Waals surface area (Å²) in [7, 11) is 0. The van der Waals surface area contributed by atoms with Gasteiger partial charge in [-0.15, -0.1) is 0 Å². The van der Waals surface area contributed by atoms with Crippen molar-refractivity contribution in [2.75, 3.05) is 19.6 Å². The molecule has 2 heterocycles. The first kappa shape index (κ1) is 23.2. The summed E-state index contributed by atoms with van der Waals surface area (Å²) >= 11 is 0. The van der Waals surface area contributed by atoms with E-state index in [-0.39, 0.29) is 17.9 Å². The fourth-order valence-corrected chi connectivity index (χ4v) is 6.04. The molecule has 2 saturated heterocycles. The molecule has 7 nitrogen and oxygen atoms in total. The average molecular weight is 452 g/mol. The van der Waals surface area contributed by atoms with Gasteiger partial charge in [0.25, 0.3) is 0 Å². The number of hydrogen-bond donors (Lipinski definition) is 2. The monoisotopic (exact) mass is 451 g/mol. The molecular weight excluding hydrogens is 416 g/mol. The third-order valence-electron chi connectivity index (χ3n) is 8.12. The molecular formula is C23H35F2N5O2. The predicted octanol–water partition coefficient (Wildman–Crippen LogP) is 3.00. The van der Waals surface area contributed by atoms with Crippen molar-refractivity contribution in [1.29, 1.82) is 5.26 Å². The van der Waals surface area contributed by atoms with Crippen molar-refractivity contribution < 1.29 is 18.4 Å². The van der Waals surface area contributed by atoms with Crippen LogP contribution in [0.15, 0.2) is 0 Å². The summed E-state index contributed by atoms with van der Waals surface area (Å²) in [6.45, 7) is 3.50. The standard InChI is InChI=1S/C23H35F2N5O2/c1-2-5-23(24,25)14-17(19(31)28-22(15-26)6-7-22)18-21(10-13-30(18)16-3-4-16)8-11-29(12-9-21)20(27)32/h16-18H,2-14H2,1H3,(H2,27,32)(H,28,31)/t17-,18?/m0/s1. The Morgan fingerprint density at radius 3 is 2.31 bits per heavy atom. The molecule has 178 valence electrons. The number of nitriles is 1. The van der Waals surface area contributed by atoms with E-state index in [0.29, 0.717) is 51.2 Å². The molecule has 4 aliphatic rings. The molecule has 1 unspecified atom stereocenters. The number of amides is 3. The SMILES string of the molecule is CCCC(F)(F)C[C@H](C(=O)NC1(C#N)CC1)C1N(C2CC2)CCC12CCN(C(N)=O)CC2. The highest BCUT2D eigenvalue weighted by Crippen LogP contribution is 2.53. The number of likely N-dealkylation sites (tertiary alicyclic amines) is 2. The number of carbonyl (C=O) groups excluding carboxylic acids is 2. The number of primary amides is 1. The minimum atomic E-state index is -2.94. The number of urea groups is 1. The summed E-state index contributed by atoms with van der Waals surface area (Å²) in [5.74, 6) is -4.23. The normalized spacial score (nSPS) is 27.7. The molecule has 0 aromatic carbocycles. The maximum Gasteiger partial charge on any atom is 0.314 e. The van der Waals surface area contributed by atoms with Crippen molar-refractivity contribution in [3.8, 4) is 6.07 Å². The smallest absolute Gasteiger partial charge is 0.314 e. The number of piperidine rings is 1. The number of rotatable bonds is 8. The lowest BCUT2D eigenvalue weighted by Gasteiger charge is -2.47. The highest BCUT2D eigenvalue weighted by Gasteiger charge is 2.58. The molecule has 2 saturated carbocycles. The summed E-state index contributed by atoms with van der Waals surface area (Å²) in [6.07, 6.45) is 4.97. The van der Waals surface area contributed by atoms with Crippen molar-refractivity contribution in [2.24, 2.45) is 17.1 Å². The van der Waals surface area contributed by atoms with Crippen LogP contribution in [-0.4, -0.2) is 64.9 Å². The van der Waals surface area contributed by atoms with Crippen LogP contribution in [0, 0.1) is 22.7 Å². The third-order valence-corrected chi connectivity index (χ3v) is 8.12. The van der Waals surface area contributed by atoms with Crippen molar-refractivity contribution in [3.05, 3.63) is 0 Å². The zero-order chi connectivity index (χ0) is 23.1. The zero-order valence-corrected chi connectivity index (χ0v) is 18.9. The maximum atomic E-state index is 15.0. The van der Waals surface area contributed by atoms with E-state index in [4.69, 9.17) is 5.73 Å². The molecule has 3 N–H and O–H groups in total. The number of nitrogens with two attached hydrogens (primary N) is 1. The Balaban J connectivity index is 1.64. The topological polar surface area (TPSA) is 102 Å². The molecule has 2 aliphatic carbocycles. The lowest BCUT2D eigenvalue weighted by Crippen LogP contribution is -2.57. The molecule has 3 amide bonds. The summed E-state index contributed by atoms with van der Waals surface area (Å²) in [5.41, 5.74) is 4.30. The zero-order valence-electron chi connectivity index (χ0n) is 18.9. The largest absolute Gasteiger partial charge is 0.351 e. The van der Waals surface area contributed by atoms with Crippen LogP contribution in [0.3, 0.4) is 0 Å². The van der Waals surface area contributed by atoms with E-state index in [2.05, 4.69) is 16.3 Å². The van der Waals surface area contributed by atoms with Crippen LogP contribution >= 0.6 is 0 Å². The van der Waals surface area contributed by atoms with Crippen LogP contribution < -0.4 is 11.1 Å². The molecule has 0 aromatic heterocycles. The van der Waals surface area contributed by atoms with Crippen LogP contribution in [0.4, 0.5) is 13.6 Å². The van der Waals surface area contributed by atoms with Crippen LogP contribution in [0.2, 0.25) is 0 Å². The van der Waals surface area contributed by atoms with E-state index in [1.165, 1.54) is 0 Å². The van der Waals surface area contributed by atoms with Gasteiger partial charge in [0.15, 0.2) is 0 Å². The lowest BCUT2D eigenvalue weighted by atomic mass is 9.67. The van der Waals surface area contributed by atoms with Gasteiger partial charge in [-0.3, -0.25) is 9.69 Å². The Morgan fingerprint density at radius 1 is 1.19 bits per heavy atom. The fourth-order valence-electron chi connectivity index (χ4n) is 6.04. The van der Waals surface area contributed by atoms with Crippen molar-refractivity contribution in [1.82, 2.24) is 15.1 Å². The molecule has 4 rings (SSSR count). The van der Waals surface area contributed by atoms with Crippen LogP contribution in [0.5, 0.6) is 0 Å². The first-order chi connectivity index (χ1) is 15.1. The Hall–Kier alpha value is -1.95. The van der Waals surface area contributed by atoms with Crippen molar-refractivity contribution in [2.45, 2.75) is 94.7 Å². The number of hydrogen-bond acceptors (Lipinski definition) is 4. The van der Waals surface area contributed by atoms with Gasteiger partial charge in [0.05, 0.1) is 12.0 Å². The Morgan fingerprint density at radius 2 is 1.81 bits per heavy atom. The highest BCUT2D eigenvalue weighted by atomic mass is 19.3. The predicted molar refractivity (Wildman–Crippen MR) is 115 cm³/mol. The van der Waals surface area contributed by atoms with Gasteiger partial charge in [-0.1, -0.05) is 13.3 Å². The average Bonchev–Trinajstić information content (AvgIpc) is 3.67. The molecule has 9 heteroatoms. The molecule has 1 spiro atoms. The van der Waals surface area contributed by atoms with E-state index in [0.717, 1.165) is 25.8 Å². The van der Waals surface area contributed by atoms with Gasteiger partial charge in [-0.05, 0) is 56.9 Å². The third kappa shape index (κ3) is 4.57. The van der Waals surface area contributed by atoms with Crippen molar-refractivity contribution >= 4 is 11.9 Å². The Labute approximate surface area is 188 Å². The van der Waals surface area contributed by atoms with Gasteiger partial charge < -0.3 is 16.0 Å². The van der Waals surface area contributed by atoms with Gasteiger partial charge in [0, 0.05) is 38.0 Å². The summed E-state index contributed by atoms with van der Waals surface area (Å²) in [5, 5.41) is 12.3. The number of carbonyl (C=O) groups is 2. The molecule has 2 aliphatic heterocycles. The lowest BCUT2D eigenvalue weighted by molar-refractivity contribution is -0.136. The molecule has 0 bridgehead atoms. The van der Waals surface area contributed by atoms with E-state index in [1.54, 1.807) is 11.8 Å². The second-order valence-corrected chi connectivity index (χ2v) is 10.5. The molecule has 2 atom stereocenters. The van der Waals surface area contributed by atoms with Gasteiger partial charge in [-0.2, -0.15) is 5.26 Å². The second-order valence-electron chi connectivity index (χ2n) is 10.5. The summed E-state index contributed by atoms with van der Waals surface area (Å²) < 4.78 is 29.9. The molecule has 4 fully saturated rings. The van der Waals surface area contributed by atoms with E-state index < -0.39 is 35.7 Å². The molecule has 0 aromatic rings. The minimum absolute atomic E-state index is 0.251. The van der Waals surface area contributed by atoms with E-state index in [1.807, 2.05) is 0 Å². The van der Waals surface area contributed by atoms with Crippen LogP contribution in [-0.2, 0) is 4.79 Å². The van der Waals surface area contributed by atoms with Crippen LogP contribution in [0.1, 0.15) is 71.1 Å². The highest BCUT2D eigenvalue weighted by molar-refractivity contribution is 5.81. The van der Waals surface area contributed by atoms with Crippen LogP contribution in [0.25, 0.3) is 0 Å². The number of nitrogens with one attached hydrogen (secondary N) is 1. The first-order valence-electron chi connectivity index (χ1n) is 12.1. The Kier molecular flexibility index (Phi) is 6.12. The first-order valence-corrected chi connectivity index (χ1v) is 12.1. The molecule has 0 radical (unpaired) electrons. The Bertz CT molecular complexity index is 782. The number of nitrogens with zero attached hydrogens (tertiary/aromatic N) is 3. The van der Waals surface area contributed by atoms with Crippen molar-refractivity contribution in [3.63, 3.8) is 0 Å². The quantitative estimate of drug-likeness (QED) is 0.592. The second kappa shape index (κ2) is 8.44. The number of halogens is 2. The van der Waals surface area contributed by atoms with Gasteiger partial charge >= 0.3 is 6.03 Å². The van der Waals surface area contributed by atoms with Gasteiger partial charge in [-0.25, -0.2) is 13.6 Å². The fraction of sp³-hybridized carbons (Fsp3) is 0.870. The number of alkyl halides is 2.